The van der Waals surface area contributed by atoms with E-state index in [0.717, 1.165) is 11.4 Å². The monoisotopic (exact) mass is 293 g/mol. The van der Waals surface area contributed by atoms with E-state index in [4.69, 9.17) is 8.19 Å². The Balaban J connectivity index is 2.17. The predicted octanol–water partition coefficient (Wildman–Crippen LogP) is 0.991. The number of hydrogen-bond acceptors (Lipinski definition) is 2. The number of para-hydroxylation sites is 1. The zero-order chi connectivity index (χ0) is 12.3. The topological polar surface area (TPSA) is 69.6 Å². The van der Waals surface area contributed by atoms with Crippen LogP contribution in [0.5, 0.6) is 0 Å². The maximum absolute atomic E-state index is 11.0. The summed E-state index contributed by atoms with van der Waals surface area (Å²) in [4.78, 5) is 0. The molecule has 2 aromatic carbocycles. The molecule has 2 rings (SSSR count). The van der Waals surface area contributed by atoms with Crippen LogP contribution in [-0.4, -0.2) is 22.4 Å². The molecule has 0 fully saturated rings. The normalized spacial score (nSPS) is 11.2. The summed E-state index contributed by atoms with van der Waals surface area (Å²) in [5.74, 6) is 0. The molecule has 0 bridgehead atoms. The molecule has 3 N–H and O–H groups in total. The molecule has 0 atom stereocenters. The fourth-order valence-corrected chi connectivity index (χ4v) is 2.55. The molecule has 0 saturated carbocycles. The predicted molar refractivity (Wildman–Crippen MR) is 66.7 cm³/mol. The van der Waals surface area contributed by atoms with Crippen molar-refractivity contribution in [3.8, 4) is 0 Å². The summed E-state index contributed by atoms with van der Waals surface area (Å²) in [6.07, 6.45) is 0. The van der Waals surface area contributed by atoms with Crippen molar-refractivity contribution in [2.45, 2.75) is 0 Å². The minimum atomic E-state index is -4.76. The van der Waals surface area contributed by atoms with Crippen molar-refractivity contribution in [1.29, 1.82) is 0 Å². The first kappa shape index (κ1) is 12.0. The molecule has 0 aliphatic rings. The van der Waals surface area contributed by atoms with Gasteiger partial charge in [-0.15, -0.1) is 0 Å². The van der Waals surface area contributed by atoms with E-state index in [1.54, 1.807) is 12.1 Å². The van der Waals surface area contributed by atoms with Crippen molar-refractivity contribution < 1.29 is 11.9 Å². The van der Waals surface area contributed by atoms with Crippen LogP contribution in [0.2, 0.25) is 0 Å². The Hall–Kier alpha value is -1.48. The van der Waals surface area contributed by atoms with Gasteiger partial charge in [-0.3, -0.25) is 0 Å². The Labute approximate surface area is 102 Å². The average molecular weight is 293 g/mol. The number of benzene rings is 2. The van der Waals surface area contributed by atoms with Crippen LogP contribution < -0.4 is 9.67 Å². The molecule has 88 valence electrons. The molecule has 5 heteroatoms. The third-order valence-electron chi connectivity index (χ3n) is 2.27. The van der Waals surface area contributed by atoms with Crippen LogP contribution in [0, 0.1) is 0 Å². The van der Waals surface area contributed by atoms with Gasteiger partial charge in [-0.25, -0.2) is 0 Å². The van der Waals surface area contributed by atoms with Gasteiger partial charge in [-0.2, -0.15) is 0 Å². The molecular formula is C12H12AsNO3. The molecule has 0 aliphatic carbocycles. The first-order chi connectivity index (χ1) is 8.05. The Morgan fingerprint density at radius 1 is 0.824 bits per heavy atom. The SMILES string of the molecule is O=[As](O)(O)c1ccc(Nc2ccccc2)cc1. The Morgan fingerprint density at radius 2 is 1.35 bits per heavy atom. The van der Waals surface area contributed by atoms with Gasteiger partial charge in [0.05, 0.1) is 0 Å². The summed E-state index contributed by atoms with van der Waals surface area (Å²) in [5, 5.41) is 3.14. The van der Waals surface area contributed by atoms with Gasteiger partial charge >= 0.3 is 102 Å². The molecule has 0 saturated heterocycles. The molecule has 2 aromatic rings. The van der Waals surface area contributed by atoms with E-state index in [1.165, 1.54) is 12.1 Å². The van der Waals surface area contributed by atoms with E-state index in [2.05, 4.69) is 5.32 Å². The molecular weight excluding hydrogens is 281 g/mol. The van der Waals surface area contributed by atoms with E-state index in [1.807, 2.05) is 30.3 Å². The molecule has 4 nitrogen and oxygen atoms in total. The first-order valence-corrected chi connectivity index (χ1v) is 8.42. The summed E-state index contributed by atoms with van der Waals surface area (Å²) in [7, 11) is 0. The summed E-state index contributed by atoms with van der Waals surface area (Å²) in [5.41, 5.74) is 1.73. The van der Waals surface area contributed by atoms with Gasteiger partial charge < -0.3 is 0 Å². The van der Waals surface area contributed by atoms with Crippen molar-refractivity contribution in [3.05, 3.63) is 54.6 Å². The Morgan fingerprint density at radius 3 is 1.88 bits per heavy atom. The fourth-order valence-electron chi connectivity index (χ4n) is 1.43. The van der Waals surface area contributed by atoms with Crippen molar-refractivity contribution in [1.82, 2.24) is 0 Å². The van der Waals surface area contributed by atoms with E-state index in [0.29, 0.717) is 0 Å². The fraction of sp³-hybridized carbons (Fsp3) is 0. The molecule has 17 heavy (non-hydrogen) atoms. The molecule has 0 aromatic heterocycles. The van der Waals surface area contributed by atoms with E-state index in [9.17, 15) is 3.74 Å². The summed E-state index contributed by atoms with van der Waals surface area (Å²) < 4.78 is 29.2. The summed E-state index contributed by atoms with van der Waals surface area (Å²) >= 11 is -4.76. The molecule has 0 unspecified atom stereocenters. The van der Waals surface area contributed by atoms with Gasteiger partial charge in [0.15, 0.2) is 0 Å². The van der Waals surface area contributed by atoms with Crippen LogP contribution >= 0.6 is 0 Å². The number of nitrogens with one attached hydrogen (secondary N) is 1. The maximum atomic E-state index is 11.0. The Bertz CT molecular complexity index is 533. The van der Waals surface area contributed by atoms with Gasteiger partial charge in [0.25, 0.3) is 0 Å². The van der Waals surface area contributed by atoms with Gasteiger partial charge in [-0.05, 0) is 0 Å². The van der Waals surface area contributed by atoms with E-state index < -0.39 is 14.2 Å². The van der Waals surface area contributed by atoms with Crippen molar-refractivity contribution in [2.24, 2.45) is 0 Å². The number of hydrogen-bond donors (Lipinski definition) is 3. The number of rotatable bonds is 3. The molecule has 0 radical (unpaired) electrons. The number of anilines is 2. The van der Waals surface area contributed by atoms with Crippen molar-refractivity contribution >= 4 is 29.9 Å². The second-order valence-corrected chi connectivity index (χ2v) is 6.95. The third-order valence-corrected chi connectivity index (χ3v) is 4.30. The molecule has 0 amide bonds. The van der Waals surface area contributed by atoms with Crippen LogP contribution in [0.1, 0.15) is 0 Å². The molecule has 0 aliphatic heterocycles. The summed E-state index contributed by atoms with van der Waals surface area (Å²) in [6.45, 7) is 0. The zero-order valence-corrected chi connectivity index (χ0v) is 10.8. The zero-order valence-electron chi connectivity index (χ0n) is 8.95. The summed E-state index contributed by atoms with van der Waals surface area (Å²) in [6, 6.07) is 15.8. The van der Waals surface area contributed by atoms with Crippen LogP contribution in [0.3, 0.4) is 0 Å². The van der Waals surface area contributed by atoms with Gasteiger partial charge in [-0.1, -0.05) is 0 Å². The quantitative estimate of drug-likeness (QED) is 0.738. The van der Waals surface area contributed by atoms with Crippen molar-refractivity contribution in [3.63, 3.8) is 0 Å². The van der Waals surface area contributed by atoms with Crippen molar-refractivity contribution in [2.75, 3.05) is 5.32 Å². The van der Waals surface area contributed by atoms with Crippen LogP contribution in [0.4, 0.5) is 11.4 Å². The molecule has 0 spiro atoms. The van der Waals surface area contributed by atoms with Crippen LogP contribution in [-0.2, 0) is 3.74 Å². The van der Waals surface area contributed by atoms with Gasteiger partial charge in [0.2, 0.25) is 0 Å². The van der Waals surface area contributed by atoms with E-state index >= 15 is 0 Å². The van der Waals surface area contributed by atoms with E-state index in [-0.39, 0.29) is 4.35 Å². The first-order valence-electron chi connectivity index (χ1n) is 5.04. The third kappa shape index (κ3) is 3.24. The van der Waals surface area contributed by atoms with Crippen LogP contribution in [0.15, 0.2) is 54.6 Å². The molecule has 0 heterocycles. The van der Waals surface area contributed by atoms with Gasteiger partial charge in [0, 0.05) is 0 Å². The standard InChI is InChI=1S/C12H12AsNO3/c15-13(16,17)10-6-8-12(9-7-10)14-11-4-2-1-3-5-11/h1-9,14H,(H2,15,16,17). The van der Waals surface area contributed by atoms with Crippen LogP contribution in [0.25, 0.3) is 0 Å². The Kier molecular flexibility index (Phi) is 3.38. The van der Waals surface area contributed by atoms with Gasteiger partial charge in [0.1, 0.15) is 0 Å². The average Bonchev–Trinajstić information content (AvgIpc) is 2.30. The minimum absolute atomic E-state index is 0.0849. The second kappa shape index (κ2) is 4.80. The second-order valence-electron chi connectivity index (χ2n) is 3.58.